The van der Waals surface area contributed by atoms with E-state index in [2.05, 4.69) is 20.1 Å². The third-order valence-corrected chi connectivity index (χ3v) is 2.08. The Balaban J connectivity index is 2.59. The summed E-state index contributed by atoms with van der Waals surface area (Å²) in [6.07, 6.45) is -4.66. The summed E-state index contributed by atoms with van der Waals surface area (Å²) in [5.41, 5.74) is 5.34. The normalized spacial score (nSPS) is 11.8. The van der Waals surface area contributed by atoms with Crippen LogP contribution < -0.4 is 5.73 Å². The Morgan fingerprint density at radius 3 is 2.33 bits per heavy atom. The average Bonchev–Trinajstić information content (AvgIpc) is 2.55. The van der Waals surface area contributed by atoms with Crippen molar-refractivity contribution in [2.45, 2.75) is 20.0 Å². The van der Waals surface area contributed by atoms with Gasteiger partial charge >= 0.3 is 6.18 Å². The summed E-state index contributed by atoms with van der Waals surface area (Å²) in [5, 5.41) is 3.94. The number of halogens is 3. The van der Waals surface area contributed by atoms with Crippen molar-refractivity contribution in [3.05, 3.63) is 23.5 Å². The van der Waals surface area contributed by atoms with Crippen LogP contribution in [0, 0.1) is 13.8 Å². The third-order valence-electron chi connectivity index (χ3n) is 2.08. The van der Waals surface area contributed by atoms with E-state index < -0.39 is 12.0 Å². The summed E-state index contributed by atoms with van der Waals surface area (Å²) >= 11 is 0. The molecule has 2 rings (SSSR count). The lowest BCUT2D eigenvalue weighted by atomic mass is 10.4. The molecule has 0 aliphatic carbocycles. The minimum absolute atomic E-state index is 0.0621. The number of aromatic nitrogens is 5. The number of anilines is 1. The van der Waals surface area contributed by atoms with Gasteiger partial charge in [-0.15, -0.1) is 5.10 Å². The molecule has 2 heterocycles. The zero-order valence-corrected chi connectivity index (χ0v) is 9.52. The van der Waals surface area contributed by atoms with Crippen molar-refractivity contribution < 1.29 is 13.2 Å². The van der Waals surface area contributed by atoms with E-state index in [4.69, 9.17) is 5.73 Å². The molecular weight excluding hydrogens is 249 g/mol. The maximum Gasteiger partial charge on any atom is 0.451 e. The summed E-state index contributed by atoms with van der Waals surface area (Å²) in [4.78, 5) is 10.5. The van der Waals surface area contributed by atoms with Crippen LogP contribution in [0.4, 0.5) is 19.0 Å². The second-order valence-electron chi connectivity index (χ2n) is 3.59. The zero-order chi connectivity index (χ0) is 13.5. The molecule has 0 amide bonds. The molecule has 0 radical (unpaired) electrons. The molecule has 0 unspecified atom stereocenters. The minimum Gasteiger partial charge on any atom is -0.384 e. The number of hydrogen-bond acceptors (Lipinski definition) is 5. The van der Waals surface area contributed by atoms with Gasteiger partial charge in [-0.1, -0.05) is 0 Å². The molecule has 0 spiro atoms. The van der Waals surface area contributed by atoms with E-state index in [1.807, 2.05) is 0 Å². The maximum absolute atomic E-state index is 12.5. The number of nitrogens with zero attached hydrogens (tertiary/aromatic N) is 5. The molecule has 96 valence electrons. The van der Waals surface area contributed by atoms with E-state index in [0.717, 1.165) is 0 Å². The van der Waals surface area contributed by atoms with Gasteiger partial charge in [-0.3, -0.25) is 0 Å². The molecule has 0 aromatic carbocycles. The quantitative estimate of drug-likeness (QED) is 0.833. The third kappa shape index (κ3) is 2.24. The molecule has 9 heteroatoms. The molecule has 6 nitrogen and oxygen atoms in total. The summed E-state index contributed by atoms with van der Waals surface area (Å²) in [6, 6.07) is 1.20. The number of alkyl halides is 3. The van der Waals surface area contributed by atoms with Gasteiger partial charge in [0.1, 0.15) is 17.5 Å². The first-order valence-corrected chi connectivity index (χ1v) is 4.90. The SMILES string of the molecule is Cc1nc(C)n(-c2cc(N)nc(C(F)(F)F)n2)n1. The van der Waals surface area contributed by atoms with Gasteiger partial charge in [0.2, 0.25) is 5.82 Å². The zero-order valence-electron chi connectivity index (χ0n) is 9.52. The Hall–Kier alpha value is -2.19. The summed E-state index contributed by atoms with van der Waals surface area (Å²) in [5.74, 6) is -0.796. The van der Waals surface area contributed by atoms with Gasteiger partial charge in [-0.2, -0.15) is 17.9 Å². The first kappa shape index (κ1) is 12.3. The van der Waals surface area contributed by atoms with Crippen LogP contribution in [-0.2, 0) is 6.18 Å². The van der Waals surface area contributed by atoms with Crippen LogP contribution in [-0.4, -0.2) is 24.7 Å². The minimum atomic E-state index is -4.66. The van der Waals surface area contributed by atoms with Gasteiger partial charge in [0, 0.05) is 6.07 Å². The van der Waals surface area contributed by atoms with Gasteiger partial charge in [-0.05, 0) is 13.8 Å². The highest BCUT2D eigenvalue weighted by atomic mass is 19.4. The van der Waals surface area contributed by atoms with Crippen molar-refractivity contribution in [3.63, 3.8) is 0 Å². The van der Waals surface area contributed by atoms with Crippen LogP contribution in [0.3, 0.4) is 0 Å². The van der Waals surface area contributed by atoms with Gasteiger partial charge in [0.05, 0.1) is 0 Å². The first-order valence-electron chi connectivity index (χ1n) is 4.90. The molecule has 0 saturated heterocycles. The Kier molecular flexibility index (Phi) is 2.68. The number of aryl methyl sites for hydroxylation is 2. The van der Waals surface area contributed by atoms with Crippen LogP contribution >= 0.6 is 0 Å². The summed E-state index contributed by atoms with van der Waals surface area (Å²) in [7, 11) is 0. The summed E-state index contributed by atoms with van der Waals surface area (Å²) in [6.45, 7) is 3.23. The number of rotatable bonds is 1. The molecule has 2 aromatic rings. The predicted molar refractivity (Wildman–Crippen MR) is 55.8 cm³/mol. The fourth-order valence-electron chi connectivity index (χ4n) is 1.43. The van der Waals surface area contributed by atoms with Crippen molar-refractivity contribution in [3.8, 4) is 5.82 Å². The van der Waals surface area contributed by atoms with Crippen LogP contribution in [0.1, 0.15) is 17.5 Å². The Morgan fingerprint density at radius 1 is 1.17 bits per heavy atom. The van der Waals surface area contributed by atoms with Crippen LogP contribution in [0.2, 0.25) is 0 Å². The second-order valence-corrected chi connectivity index (χ2v) is 3.59. The standard InChI is InChI=1S/C9H9F3N6/c1-4-14-5(2)18(17-4)7-3-6(13)15-8(16-7)9(10,11)12/h3H,1-2H3,(H2,13,15,16). The molecule has 0 saturated carbocycles. The monoisotopic (exact) mass is 258 g/mol. The lowest BCUT2D eigenvalue weighted by Crippen LogP contribution is -2.15. The number of nitrogen functional groups attached to an aromatic ring is 1. The van der Waals surface area contributed by atoms with E-state index in [1.165, 1.54) is 10.7 Å². The molecule has 0 fully saturated rings. The number of nitrogens with two attached hydrogens (primary N) is 1. The molecule has 0 aliphatic heterocycles. The van der Waals surface area contributed by atoms with E-state index in [0.29, 0.717) is 11.6 Å². The van der Waals surface area contributed by atoms with Gasteiger partial charge in [0.15, 0.2) is 5.82 Å². The lowest BCUT2D eigenvalue weighted by molar-refractivity contribution is -0.144. The Labute approximate surface area is 99.7 Å². The van der Waals surface area contributed by atoms with Crippen molar-refractivity contribution in [2.24, 2.45) is 0 Å². The second kappa shape index (κ2) is 3.93. The molecule has 18 heavy (non-hydrogen) atoms. The van der Waals surface area contributed by atoms with Gasteiger partial charge in [0.25, 0.3) is 0 Å². The fourth-order valence-corrected chi connectivity index (χ4v) is 1.43. The predicted octanol–water partition coefficient (Wildman–Crippen LogP) is 1.28. The molecule has 0 atom stereocenters. The topological polar surface area (TPSA) is 82.5 Å². The fraction of sp³-hybridized carbons (Fsp3) is 0.333. The van der Waals surface area contributed by atoms with E-state index >= 15 is 0 Å². The largest absolute Gasteiger partial charge is 0.451 e. The van der Waals surface area contributed by atoms with Crippen molar-refractivity contribution in [1.82, 2.24) is 24.7 Å². The number of hydrogen-bond donors (Lipinski definition) is 1. The van der Waals surface area contributed by atoms with Crippen molar-refractivity contribution >= 4 is 5.82 Å². The maximum atomic E-state index is 12.5. The lowest BCUT2D eigenvalue weighted by Gasteiger charge is -2.08. The van der Waals surface area contributed by atoms with Crippen molar-refractivity contribution in [1.29, 1.82) is 0 Å². The Morgan fingerprint density at radius 2 is 1.83 bits per heavy atom. The molecule has 0 aliphatic rings. The van der Waals surface area contributed by atoms with Crippen LogP contribution in [0.15, 0.2) is 6.07 Å². The highest BCUT2D eigenvalue weighted by molar-refractivity contribution is 5.37. The van der Waals surface area contributed by atoms with Crippen molar-refractivity contribution in [2.75, 3.05) is 5.73 Å². The molecule has 2 aromatic heterocycles. The first-order chi connectivity index (χ1) is 8.27. The van der Waals surface area contributed by atoms with Crippen LogP contribution in [0.25, 0.3) is 5.82 Å². The highest BCUT2D eigenvalue weighted by Gasteiger charge is 2.35. The Bertz CT molecular complexity index is 588. The molecule has 2 N–H and O–H groups in total. The van der Waals surface area contributed by atoms with Gasteiger partial charge in [-0.25, -0.2) is 15.0 Å². The van der Waals surface area contributed by atoms with Crippen LogP contribution in [0.5, 0.6) is 0 Å². The van der Waals surface area contributed by atoms with Gasteiger partial charge < -0.3 is 5.73 Å². The smallest absolute Gasteiger partial charge is 0.384 e. The average molecular weight is 258 g/mol. The molecular formula is C9H9F3N6. The molecule has 0 bridgehead atoms. The highest BCUT2D eigenvalue weighted by Crippen LogP contribution is 2.27. The van der Waals surface area contributed by atoms with E-state index in [1.54, 1.807) is 13.8 Å². The van der Waals surface area contributed by atoms with E-state index in [9.17, 15) is 13.2 Å². The summed E-state index contributed by atoms with van der Waals surface area (Å²) < 4.78 is 38.8. The van der Waals surface area contributed by atoms with E-state index in [-0.39, 0.29) is 11.6 Å².